The molecule has 1 atom stereocenters. The molecule has 0 aliphatic heterocycles. The molecule has 116 valence electrons. The van der Waals surface area contributed by atoms with Crippen molar-refractivity contribution in [1.82, 2.24) is 9.88 Å². The van der Waals surface area contributed by atoms with Crippen molar-refractivity contribution in [2.45, 2.75) is 13.0 Å². The number of hydrogen-bond acceptors (Lipinski definition) is 4. The van der Waals surface area contributed by atoms with Crippen LogP contribution < -0.4 is 5.32 Å². The number of carbonyl (C=O) groups excluding carboxylic acids is 1. The first kappa shape index (κ1) is 15.7. The summed E-state index contributed by atoms with van der Waals surface area (Å²) in [5.74, 6) is -0.450. The highest BCUT2D eigenvalue weighted by Gasteiger charge is 2.19. The molecule has 0 aliphatic carbocycles. The maximum Gasteiger partial charge on any atom is 0.273 e. The van der Waals surface area contributed by atoms with Crippen LogP contribution in [0.2, 0.25) is 0 Å². The van der Waals surface area contributed by atoms with Gasteiger partial charge in [-0.25, -0.2) is 0 Å². The molecule has 1 aromatic carbocycles. The van der Waals surface area contributed by atoms with Crippen LogP contribution >= 0.6 is 0 Å². The minimum Gasteiger partial charge on any atom is -0.385 e. The molecular formula is C15H17N3O4. The lowest BCUT2D eigenvalue weighted by Crippen LogP contribution is -2.29. The minimum atomic E-state index is -0.844. The van der Waals surface area contributed by atoms with E-state index in [2.05, 4.69) is 5.32 Å². The van der Waals surface area contributed by atoms with E-state index in [-0.39, 0.29) is 17.8 Å². The molecule has 0 aliphatic rings. The van der Waals surface area contributed by atoms with Crippen LogP contribution in [0.4, 0.5) is 5.69 Å². The van der Waals surface area contributed by atoms with Gasteiger partial charge in [-0.1, -0.05) is 6.07 Å². The van der Waals surface area contributed by atoms with Gasteiger partial charge in [0.25, 0.3) is 11.6 Å². The van der Waals surface area contributed by atoms with Crippen LogP contribution in [0.3, 0.4) is 0 Å². The molecule has 0 radical (unpaired) electrons. The summed E-state index contributed by atoms with van der Waals surface area (Å²) in [6, 6.07) is 7.89. The number of amides is 1. The van der Waals surface area contributed by atoms with E-state index in [1.54, 1.807) is 29.9 Å². The molecule has 1 amide bonds. The zero-order valence-corrected chi connectivity index (χ0v) is 12.3. The van der Waals surface area contributed by atoms with Gasteiger partial charge >= 0.3 is 0 Å². The Kier molecular flexibility index (Phi) is 4.57. The fourth-order valence-electron chi connectivity index (χ4n) is 2.28. The van der Waals surface area contributed by atoms with Crippen molar-refractivity contribution in [1.29, 1.82) is 0 Å². The van der Waals surface area contributed by atoms with Crippen molar-refractivity contribution >= 4 is 11.6 Å². The lowest BCUT2D eigenvalue weighted by Gasteiger charge is -2.14. The van der Waals surface area contributed by atoms with E-state index in [1.807, 2.05) is 0 Å². The maximum absolute atomic E-state index is 12.1. The molecule has 7 heteroatoms. The van der Waals surface area contributed by atoms with Gasteiger partial charge in [0.05, 0.1) is 4.92 Å². The number of nitro groups is 1. The molecule has 2 N–H and O–H groups in total. The molecule has 1 aromatic heterocycles. The highest BCUT2D eigenvalue weighted by molar-refractivity contribution is 5.96. The van der Waals surface area contributed by atoms with E-state index >= 15 is 0 Å². The quantitative estimate of drug-likeness (QED) is 0.649. The molecule has 1 heterocycles. The number of carbonyl (C=O) groups is 1. The number of aromatic nitrogens is 1. The van der Waals surface area contributed by atoms with Crippen molar-refractivity contribution in [3.8, 4) is 0 Å². The summed E-state index contributed by atoms with van der Waals surface area (Å²) in [4.78, 5) is 22.5. The Bertz CT molecular complexity index is 709. The van der Waals surface area contributed by atoms with Gasteiger partial charge in [0.2, 0.25) is 0 Å². The van der Waals surface area contributed by atoms with Crippen molar-refractivity contribution in [3.63, 3.8) is 0 Å². The number of nitrogens with one attached hydrogen (secondary N) is 1. The first-order valence-electron chi connectivity index (χ1n) is 6.73. The summed E-state index contributed by atoms with van der Waals surface area (Å²) < 4.78 is 1.76. The molecule has 7 nitrogen and oxygen atoms in total. The highest BCUT2D eigenvalue weighted by atomic mass is 16.6. The van der Waals surface area contributed by atoms with Crippen molar-refractivity contribution in [2.24, 2.45) is 7.05 Å². The van der Waals surface area contributed by atoms with E-state index < -0.39 is 16.9 Å². The van der Waals surface area contributed by atoms with E-state index in [0.717, 1.165) is 0 Å². The van der Waals surface area contributed by atoms with Crippen LogP contribution in [0.15, 0.2) is 36.5 Å². The number of nitro benzene ring substituents is 1. The molecule has 0 spiro atoms. The lowest BCUT2D eigenvalue weighted by atomic mass is 10.1. The number of benzene rings is 1. The first-order valence-corrected chi connectivity index (χ1v) is 6.73. The molecule has 0 saturated heterocycles. The Balaban J connectivity index is 2.09. The molecule has 0 saturated carbocycles. The Morgan fingerprint density at radius 3 is 2.73 bits per heavy atom. The fraction of sp³-hybridized carbons (Fsp3) is 0.267. The van der Waals surface area contributed by atoms with E-state index in [0.29, 0.717) is 11.3 Å². The second-order valence-electron chi connectivity index (χ2n) is 4.98. The number of aryl methyl sites for hydroxylation is 1. The summed E-state index contributed by atoms with van der Waals surface area (Å²) in [5.41, 5.74) is 1.11. The van der Waals surface area contributed by atoms with Crippen molar-refractivity contribution < 1.29 is 14.8 Å². The third-order valence-electron chi connectivity index (χ3n) is 3.53. The van der Waals surface area contributed by atoms with Crippen molar-refractivity contribution in [2.75, 3.05) is 6.54 Å². The van der Waals surface area contributed by atoms with Gasteiger partial charge < -0.3 is 15.0 Å². The third-order valence-corrected chi connectivity index (χ3v) is 3.53. The fourth-order valence-corrected chi connectivity index (χ4v) is 2.28. The smallest absolute Gasteiger partial charge is 0.273 e. The number of hydrogen-bond donors (Lipinski definition) is 2. The topological polar surface area (TPSA) is 97.4 Å². The van der Waals surface area contributed by atoms with Crippen LogP contribution in [0.1, 0.15) is 27.7 Å². The Labute approximate surface area is 127 Å². The predicted octanol–water partition coefficient (Wildman–Crippen LogP) is 1.71. The average Bonchev–Trinajstić information content (AvgIpc) is 2.90. The van der Waals surface area contributed by atoms with Gasteiger partial charge in [-0.3, -0.25) is 14.9 Å². The van der Waals surface area contributed by atoms with Crippen LogP contribution in [0.25, 0.3) is 0 Å². The van der Waals surface area contributed by atoms with Gasteiger partial charge in [0, 0.05) is 42.7 Å². The van der Waals surface area contributed by atoms with Crippen LogP contribution in [0, 0.1) is 17.0 Å². The summed E-state index contributed by atoms with van der Waals surface area (Å²) in [5, 5.41) is 23.5. The summed E-state index contributed by atoms with van der Waals surface area (Å²) in [6.07, 6.45) is 0.952. The largest absolute Gasteiger partial charge is 0.385 e. The Morgan fingerprint density at radius 2 is 2.14 bits per heavy atom. The van der Waals surface area contributed by atoms with Gasteiger partial charge in [-0.2, -0.15) is 0 Å². The van der Waals surface area contributed by atoms with E-state index in [1.165, 1.54) is 25.1 Å². The van der Waals surface area contributed by atoms with Crippen LogP contribution in [0.5, 0.6) is 0 Å². The standard InChI is InChI=1S/C15H17N3O4/c1-10-11(5-3-6-12(10)18(21)22)15(20)16-9-14(19)13-7-4-8-17(13)2/h3-8,14,19H,9H2,1-2H3,(H,16,20). The Hall–Kier alpha value is -2.67. The summed E-state index contributed by atoms with van der Waals surface area (Å²) in [7, 11) is 1.80. The summed E-state index contributed by atoms with van der Waals surface area (Å²) >= 11 is 0. The molecule has 0 fully saturated rings. The third kappa shape index (κ3) is 3.15. The number of rotatable bonds is 5. The number of nitrogens with zero attached hydrogens (tertiary/aromatic N) is 2. The average molecular weight is 303 g/mol. The maximum atomic E-state index is 12.1. The van der Waals surface area contributed by atoms with E-state index in [9.17, 15) is 20.0 Å². The zero-order valence-electron chi connectivity index (χ0n) is 12.3. The van der Waals surface area contributed by atoms with Gasteiger partial charge in [0.15, 0.2) is 0 Å². The highest BCUT2D eigenvalue weighted by Crippen LogP contribution is 2.21. The van der Waals surface area contributed by atoms with Gasteiger partial charge in [-0.15, -0.1) is 0 Å². The lowest BCUT2D eigenvalue weighted by molar-refractivity contribution is -0.385. The number of aliphatic hydroxyl groups is 1. The monoisotopic (exact) mass is 303 g/mol. The minimum absolute atomic E-state index is 0.0266. The Morgan fingerprint density at radius 1 is 1.41 bits per heavy atom. The van der Waals surface area contributed by atoms with Crippen LogP contribution in [-0.4, -0.2) is 27.0 Å². The molecule has 0 bridgehead atoms. The molecule has 22 heavy (non-hydrogen) atoms. The first-order chi connectivity index (χ1) is 10.4. The second-order valence-corrected chi connectivity index (χ2v) is 4.98. The van der Waals surface area contributed by atoms with Crippen molar-refractivity contribution in [3.05, 3.63) is 63.5 Å². The molecule has 2 aromatic rings. The molecular weight excluding hydrogens is 286 g/mol. The molecule has 2 rings (SSSR count). The number of aliphatic hydroxyl groups excluding tert-OH is 1. The molecule has 1 unspecified atom stereocenters. The predicted molar refractivity (Wildman–Crippen MR) is 80.5 cm³/mol. The van der Waals surface area contributed by atoms with Gasteiger partial charge in [0.1, 0.15) is 6.10 Å². The zero-order chi connectivity index (χ0) is 16.3. The second kappa shape index (κ2) is 6.40. The van der Waals surface area contributed by atoms with Crippen LogP contribution in [-0.2, 0) is 7.05 Å². The van der Waals surface area contributed by atoms with E-state index in [4.69, 9.17) is 0 Å². The summed E-state index contributed by atoms with van der Waals surface area (Å²) in [6.45, 7) is 1.56. The van der Waals surface area contributed by atoms with Gasteiger partial charge in [-0.05, 0) is 25.1 Å². The SMILES string of the molecule is Cc1c(C(=O)NCC(O)c2cccn2C)cccc1[N+](=O)[O-]. The normalized spacial score (nSPS) is 12.0.